The Balaban J connectivity index is 2.81. The van der Waals surface area contributed by atoms with Gasteiger partial charge in [0.15, 0.2) is 0 Å². The van der Waals surface area contributed by atoms with Gasteiger partial charge in [0.05, 0.1) is 0 Å². The van der Waals surface area contributed by atoms with E-state index in [1.807, 2.05) is 0 Å². The molecule has 0 fully saturated rings. The Bertz CT molecular complexity index is 216. The summed E-state index contributed by atoms with van der Waals surface area (Å²) in [6.07, 6.45) is 0. The minimum absolute atomic E-state index is 0.263. The Morgan fingerprint density at radius 3 is 2.27 bits per heavy atom. The topological polar surface area (TPSA) is 0 Å². The summed E-state index contributed by atoms with van der Waals surface area (Å²) in [6.45, 7) is 2.08. The molecule has 1 aromatic rings. The fourth-order valence-electron chi connectivity index (χ4n) is 0.894. The summed E-state index contributed by atoms with van der Waals surface area (Å²) in [4.78, 5) is 0. The molecule has 0 aromatic heterocycles. The minimum atomic E-state index is 0.263. The standard InChI is InChI=1S/C9H12S2/c1-7-2-4-8(5-3-7)9(11)6-10/h2-5,9-11H,6H2,1H3. The van der Waals surface area contributed by atoms with Gasteiger partial charge in [0.25, 0.3) is 0 Å². The van der Waals surface area contributed by atoms with E-state index in [1.165, 1.54) is 11.1 Å². The van der Waals surface area contributed by atoms with Gasteiger partial charge in [-0.25, -0.2) is 0 Å². The van der Waals surface area contributed by atoms with E-state index in [1.54, 1.807) is 0 Å². The van der Waals surface area contributed by atoms with Crippen molar-refractivity contribution in [3.63, 3.8) is 0 Å². The van der Waals surface area contributed by atoms with Gasteiger partial charge in [-0.05, 0) is 12.5 Å². The summed E-state index contributed by atoms with van der Waals surface area (Å²) < 4.78 is 0. The van der Waals surface area contributed by atoms with Crippen molar-refractivity contribution in [1.82, 2.24) is 0 Å². The monoisotopic (exact) mass is 184 g/mol. The quantitative estimate of drug-likeness (QED) is 0.649. The van der Waals surface area contributed by atoms with Gasteiger partial charge < -0.3 is 0 Å². The number of hydrogen-bond acceptors (Lipinski definition) is 2. The number of rotatable bonds is 2. The van der Waals surface area contributed by atoms with E-state index < -0.39 is 0 Å². The smallest absolute Gasteiger partial charge is 0.0355 e. The lowest BCUT2D eigenvalue weighted by Crippen LogP contribution is -1.90. The van der Waals surface area contributed by atoms with Crippen LogP contribution in [0.2, 0.25) is 0 Å². The van der Waals surface area contributed by atoms with Crippen LogP contribution in [0, 0.1) is 6.92 Å². The van der Waals surface area contributed by atoms with Crippen LogP contribution in [0.3, 0.4) is 0 Å². The lowest BCUT2D eigenvalue weighted by molar-refractivity contribution is 1.13. The van der Waals surface area contributed by atoms with Gasteiger partial charge in [-0.2, -0.15) is 25.3 Å². The highest BCUT2D eigenvalue weighted by molar-refractivity contribution is 7.84. The van der Waals surface area contributed by atoms with Crippen LogP contribution in [0.25, 0.3) is 0 Å². The van der Waals surface area contributed by atoms with Gasteiger partial charge in [-0.15, -0.1) is 0 Å². The maximum absolute atomic E-state index is 4.38. The van der Waals surface area contributed by atoms with E-state index in [-0.39, 0.29) is 5.25 Å². The average Bonchev–Trinajstić information content (AvgIpc) is 2.05. The summed E-state index contributed by atoms with van der Waals surface area (Å²) in [6, 6.07) is 8.40. The van der Waals surface area contributed by atoms with Crippen molar-refractivity contribution in [3.05, 3.63) is 35.4 Å². The van der Waals surface area contributed by atoms with Gasteiger partial charge in [-0.3, -0.25) is 0 Å². The molecule has 0 aliphatic carbocycles. The second kappa shape index (κ2) is 4.07. The van der Waals surface area contributed by atoms with Crippen molar-refractivity contribution in [2.75, 3.05) is 5.75 Å². The third kappa shape index (κ3) is 2.46. The molecule has 2 heteroatoms. The fourth-order valence-corrected chi connectivity index (χ4v) is 1.28. The molecule has 0 radical (unpaired) electrons. The van der Waals surface area contributed by atoms with E-state index in [4.69, 9.17) is 0 Å². The molecule has 0 N–H and O–H groups in total. The van der Waals surface area contributed by atoms with Crippen LogP contribution in [0.5, 0.6) is 0 Å². The summed E-state index contributed by atoms with van der Waals surface area (Å²) in [5, 5.41) is 0.263. The second-order valence-corrected chi connectivity index (χ2v) is 3.60. The lowest BCUT2D eigenvalue weighted by atomic mass is 10.1. The summed E-state index contributed by atoms with van der Waals surface area (Å²) in [7, 11) is 0. The molecule has 11 heavy (non-hydrogen) atoms. The summed E-state index contributed by atoms with van der Waals surface area (Å²) in [5.74, 6) is 0.784. The number of aryl methyl sites for hydroxylation is 1. The Kier molecular flexibility index (Phi) is 3.34. The van der Waals surface area contributed by atoms with Crippen LogP contribution in [0.15, 0.2) is 24.3 Å². The Labute approximate surface area is 78.8 Å². The molecule has 60 valence electrons. The predicted octanol–water partition coefficient (Wildman–Crippen LogP) is 2.90. The molecular weight excluding hydrogens is 172 g/mol. The van der Waals surface area contributed by atoms with Crippen LogP contribution < -0.4 is 0 Å². The average molecular weight is 184 g/mol. The van der Waals surface area contributed by atoms with Gasteiger partial charge in [0.2, 0.25) is 0 Å². The van der Waals surface area contributed by atoms with Gasteiger partial charge >= 0.3 is 0 Å². The summed E-state index contributed by atoms with van der Waals surface area (Å²) >= 11 is 8.55. The second-order valence-electron chi connectivity index (χ2n) is 2.61. The van der Waals surface area contributed by atoms with E-state index in [0.29, 0.717) is 0 Å². The number of thiol groups is 2. The first-order valence-corrected chi connectivity index (χ1v) is 4.74. The predicted molar refractivity (Wildman–Crippen MR) is 56.8 cm³/mol. The molecule has 1 atom stereocenters. The molecule has 0 aliphatic rings. The number of benzene rings is 1. The normalized spacial score (nSPS) is 13.0. The number of hydrogen-bond donors (Lipinski definition) is 2. The van der Waals surface area contributed by atoms with Crippen molar-refractivity contribution < 1.29 is 0 Å². The van der Waals surface area contributed by atoms with E-state index in [2.05, 4.69) is 56.4 Å². The molecule has 0 amide bonds. The van der Waals surface area contributed by atoms with Gasteiger partial charge in [-0.1, -0.05) is 29.8 Å². The maximum Gasteiger partial charge on any atom is 0.0355 e. The SMILES string of the molecule is Cc1ccc(C(S)CS)cc1. The van der Waals surface area contributed by atoms with Gasteiger partial charge in [0.1, 0.15) is 0 Å². The zero-order valence-electron chi connectivity index (χ0n) is 6.49. The zero-order valence-corrected chi connectivity index (χ0v) is 8.28. The van der Waals surface area contributed by atoms with Crippen molar-refractivity contribution in [3.8, 4) is 0 Å². The van der Waals surface area contributed by atoms with Crippen molar-refractivity contribution in [1.29, 1.82) is 0 Å². The Hall–Kier alpha value is -0.0800. The highest BCUT2D eigenvalue weighted by atomic mass is 32.1. The molecule has 1 rings (SSSR count). The molecule has 0 saturated heterocycles. The van der Waals surface area contributed by atoms with Gasteiger partial charge in [0, 0.05) is 11.0 Å². The third-order valence-corrected chi connectivity index (χ3v) is 2.77. The maximum atomic E-state index is 4.38. The van der Waals surface area contributed by atoms with Crippen molar-refractivity contribution in [2.24, 2.45) is 0 Å². The van der Waals surface area contributed by atoms with Crippen LogP contribution in [0.1, 0.15) is 16.4 Å². The largest absolute Gasteiger partial charge is 0.178 e. The molecule has 0 nitrogen and oxygen atoms in total. The minimum Gasteiger partial charge on any atom is -0.178 e. The lowest BCUT2D eigenvalue weighted by Gasteiger charge is -2.06. The summed E-state index contributed by atoms with van der Waals surface area (Å²) in [5.41, 5.74) is 2.53. The van der Waals surface area contributed by atoms with Crippen LogP contribution >= 0.6 is 25.3 Å². The Morgan fingerprint density at radius 1 is 1.27 bits per heavy atom. The first kappa shape index (κ1) is 9.01. The van der Waals surface area contributed by atoms with Crippen LogP contribution in [0.4, 0.5) is 0 Å². The molecule has 0 bridgehead atoms. The first-order valence-electron chi connectivity index (χ1n) is 3.59. The first-order chi connectivity index (χ1) is 5.24. The highest BCUT2D eigenvalue weighted by Gasteiger charge is 2.01. The molecular formula is C9H12S2. The van der Waals surface area contributed by atoms with Crippen LogP contribution in [-0.2, 0) is 0 Å². The van der Waals surface area contributed by atoms with E-state index >= 15 is 0 Å². The highest BCUT2D eigenvalue weighted by Crippen LogP contribution is 2.20. The van der Waals surface area contributed by atoms with Crippen LogP contribution in [-0.4, -0.2) is 5.75 Å². The van der Waals surface area contributed by atoms with Crippen molar-refractivity contribution >= 4 is 25.3 Å². The van der Waals surface area contributed by atoms with Crippen molar-refractivity contribution in [2.45, 2.75) is 12.2 Å². The molecule has 0 heterocycles. The molecule has 0 aliphatic heterocycles. The zero-order chi connectivity index (χ0) is 8.27. The molecule has 0 saturated carbocycles. The Morgan fingerprint density at radius 2 is 1.82 bits per heavy atom. The molecule has 1 unspecified atom stereocenters. The molecule has 0 spiro atoms. The third-order valence-electron chi connectivity index (χ3n) is 1.64. The van der Waals surface area contributed by atoms with E-state index in [9.17, 15) is 0 Å². The fraction of sp³-hybridized carbons (Fsp3) is 0.333. The van der Waals surface area contributed by atoms with E-state index in [0.717, 1.165) is 5.75 Å². The molecule has 1 aromatic carbocycles.